The summed E-state index contributed by atoms with van der Waals surface area (Å²) in [7, 11) is 0. The number of rotatable bonds is 4. The number of allylic oxidation sites excluding steroid dienone is 3. The molecule has 0 spiro atoms. The van der Waals surface area contributed by atoms with Crippen molar-refractivity contribution in [2.75, 3.05) is 0 Å². The minimum absolute atomic E-state index is 0.148. The predicted molar refractivity (Wildman–Crippen MR) is 69.1 cm³/mol. The van der Waals surface area contributed by atoms with Gasteiger partial charge in [0.05, 0.1) is 0 Å². The molecule has 4 nitrogen and oxygen atoms in total. The topological polar surface area (TPSA) is 66.4 Å². The van der Waals surface area contributed by atoms with Crippen molar-refractivity contribution in [3.05, 3.63) is 59.3 Å². The number of carbonyl (C=O) groups excluding carboxylic acids is 1. The van der Waals surface area contributed by atoms with Crippen LogP contribution in [-0.4, -0.2) is 17.0 Å². The lowest BCUT2D eigenvalue weighted by Gasteiger charge is -2.05. The number of hydrogen-bond acceptors (Lipinski definition) is 2. The normalized spacial score (nSPS) is 10.7. The molecule has 0 aromatic heterocycles. The Morgan fingerprint density at radius 2 is 1.72 bits per heavy atom. The van der Waals surface area contributed by atoms with Crippen LogP contribution in [0, 0.1) is 0 Å². The second kappa shape index (κ2) is 6.39. The first-order valence-corrected chi connectivity index (χ1v) is 5.45. The number of carboxylic acids is 1. The molecule has 0 saturated heterocycles. The minimum atomic E-state index is -1.17. The van der Waals surface area contributed by atoms with E-state index in [1.54, 1.807) is 36.4 Å². The van der Waals surface area contributed by atoms with Crippen LogP contribution in [0.3, 0.4) is 0 Å². The molecule has 0 bridgehead atoms. The summed E-state index contributed by atoms with van der Waals surface area (Å²) in [5.74, 6) is -1.61. The molecule has 94 valence electrons. The number of hydrogen-bond donors (Lipinski definition) is 2. The molecule has 18 heavy (non-hydrogen) atoms. The molecule has 0 saturated carbocycles. The van der Waals surface area contributed by atoms with Crippen molar-refractivity contribution in [2.24, 2.45) is 0 Å². The molecule has 0 radical (unpaired) electrons. The molecule has 0 aliphatic rings. The van der Waals surface area contributed by atoms with E-state index in [2.05, 4.69) is 5.32 Å². The monoisotopic (exact) mass is 245 g/mol. The highest BCUT2D eigenvalue weighted by Gasteiger charge is 2.11. The van der Waals surface area contributed by atoms with Gasteiger partial charge in [0.25, 0.3) is 5.91 Å². The summed E-state index contributed by atoms with van der Waals surface area (Å²) in [6.07, 6.45) is 3.01. The Labute approximate surface area is 106 Å². The van der Waals surface area contributed by atoms with Crippen LogP contribution in [0.1, 0.15) is 24.2 Å². The van der Waals surface area contributed by atoms with Gasteiger partial charge in [-0.15, -0.1) is 0 Å². The fourth-order valence-corrected chi connectivity index (χ4v) is 1.20. The second-order valence-corrected chi connectivity index (χ2v) is 3.95. The van der Waals surface area contributed by atoms with Gasteiger partial charge in [-0.1, -0.05) is 29.8 Å². The van der Waals surface area contributed by atoms with Crippen molar-refractivity contribution in [3.63, 3.8) is 0 Å². The number of nitrogens with one attached hydrogen (secondary N) is 1. The fourth-order valence-electron chi connectivity index (χ4n) is 1.20. The maximum Gasteiger partial charge on any atom is 0.352 e. The molecular formula is C14H15NO3. The molecule has 0 aliphatic heterocycles. The van der Waals surface area contributed by atoms with E-state index < -0.39 is 11.9 Å². The van der Waals surface area contributed by atoms with Crippen LogP contribution in [0.2, 0.25) is 0 Å². The third kappa shape index (κ3) is 4.25. The molecule has 0 aliphatic carbocycles. The zero-order chi connectivity index (χ0) is 13.5. The van der Waals surface area contributed by atoms with Crippen molar-refractivity contribution >= 4 is 11.9 Å². The van der Waals surface area contributed by atoms with Crippen molar-refractivity contribution in [2.45, 2.75) is 13.8 Å². The van der Waals surface area contributed by atoms with Gasteiger partial charge in [-0.3, -0.25) is 4.79 Å². The summed E-state index contributed by atoms with van der Waals surface area (Å²) >= 11 is 0. The van der Waals surface area contributed by atoms with Gasteiger partial charge in [0.2, 0.25) is 0 Å². The zero-order valence-corrected chi connectivity index (χ0v) is 10.3. The SMILES string of the molecule is CC(C)=C/C=C(\NC(=O)c1ccccc1)C(=O)O. The van der Waals surface area contributed by atoms with E-state index >= 15 is 0 Å². The molecule has 0 atom stereocenters. The van der Waals surface area contributed by atoms with Crippen LogP contribution in [-0.2, 0) is 4.79 Å². The second-order valence-electron chi connectivity index (χ2n) is 3.95. The first-order chi connectivity index (χ1) is 8.50. The lowest BCUT2D eigenvalue weighted by molar-refractivity contribution is -0.133. The summed E-state index contributed by atoms with van der Waals surface area (Å²) in [6, 6.07) is 8.46. The number of carbonyl (C=O) groups is 2. The van der Waals surface area contributed by atoms with E-state index in [0.29, 0.717) is 5.56 Å². The molecule has 1 aromatic rings. The van der Waals surface area contributed by atoms with Crippen LogP contribution in [0.4, 0.5) is 0 Å². The van der Waals surface area contributed by atoms with Crippen molar-refractivity contribution in [3.8, 4) is 0 Å². The molecule has 1 rings (SSSR count). The minimum Gasteiger partial charge on any atom is -0.477 e. The smallest absolute Gasteiger partial charge is 0.352 e. The highest BCUT2D eigenvalue weighted by molar-refractivity contribution is 6.00. The van der Waals surface area contributed by atoms with Gasteiger partial charge in [-0.2, -0.15) is 0 Å². The van der Waals surface area contributed by atoms with Gasteiger partial charge in [-0.25, -0.2) is 4.79 Å². The van der Waals surface area contributed by atoms with Crippen molar-refractivity contribution in [1.82, 2.24) is 5.32 Å². The Bertz CT molecular complexity index is 497. The Balaban J connectivity index is 2.86. The maximum absolute atomic E-state index is 11.8. The third-order valence-electron chi connectivity index (χ3n) is 2.10. The van der Waals surface area contributed by atoms with Gasteiger partial charge in [0, 0.05) is 5.56 Å². The maximum atomic E-state index is 11.8. The number of aliphatic carboxylic acids is 1. The van der Waals surface area contributed by atoms with Gasteiger partial charge < -0.3 is 10.4 Å². The average molecular weight is 245 g/mol. The van der Waals surface area contributed by atoms with Crippen LogP contribution >= 0.6 is 0 Å². The zero-order valence-electron chi connectivity index (χ0n) is 10.3. The van der Waals surface area contributed by atoms with Gasteiger partial charge in [0.1, 0.15) is 5.70 Å². The van der Waals surface area contributed by atoms with Crippen LogP contribution in [0.5, 0.6) is 0 Å². The first-order valence-electron chi connectivity index (χ1n) is 5.45. The van der Waals surface area contributed by atoms with E-state index in [1.807, 2.05) is 13.8 Å². The van der Waals surface area contributed by atoms with Crippen LogP contribution in [0.15, 0.2) is 53.8 Å². The average Bonchev–Trinajstić information content (AvgIpc) is 2.34. The quantitative estimate of drug-likeness (QED) is 0.632. The van der Waals surface area contributed by atoms with E-state index in [9.17, 15) is 9.59 Å². The highest BCUT2D eigenvalue weighted by Crippen LogP contribution is 2.01. The molecule has 4 heteroatoms. The first kappa shape index (κ1) is 13.7. The summed E-state index contributed by atoms with van der Waals surface area (Å²) in [5.41, 5.74) is 1.22. The van der Waals surface area contributed by atoms with Gasteiger partial charge >= 0.3 is 5.97 Å². The fraction of sp³-hybridized carbons (Fsp3) is 0.143. The molecule has 1 aromatic carbocycles. The molecule has 0 heterocycles. The highest BCUT2D eigenvalue weighted by atomic mass is 16.4. The van der Waals surface area contributed by atoms with Crippen LogP contribution in [0.25, 0.3) is 0 Å². The summed E-state index contributed by atoms with van der Waals surface area (Å²) < 4.78 is 0. The van der Waals surface area contributed by atoms with Gasteiger partial charge in [0.15, 0.2) is 0 Å². The standard InChI is InChI=1S/C14H15NO3/c1-10(2)8-9-12(14(17)18)15-13(16)11-6-4-3-5-7-11/h3-9H,1-2H3,(H,15,16)(H,17,18)/b12-9-. The van der Waals surface area contributed by atoms with E-state index in [-0.39, 0.29) is 5.70 Å². The summed E-state index contributed by atoms with van der Waals surface area (Å²) in [5, 5.41) is 11.3. The molecule has 0 fully saturated rings. The summed E-state index contributed by atoms with van der Waals surface area (Å²) in [4.78, 5) is 22.7. The van der Waals surface area contributed by atoms with Crippen molar-refractivity contribution < 1.29 is 14.7 Å². The van der Waals surface area contributed by atoms with Crippen molar-refractivity contribution in [1.29, 1.82) is 0 Å². The van der Waals surface area contributed by atoms with E-state index in [0.717, 1.165) is 5.57 Å². The molecule has 0 unspecified atom stereocenters. The van der Waals surface area contributed by atoms with E-state index in [4.69, 9.17) is 5.11 Å². The Morgan fingerprint density at radius 1 is 1.11 bits per heavy atom. The van der Waals surface area contributed by atoms with Gasteiger partial charge in [-0.05, 0) is 32.1 Å². The molecule has 2 N–H and O–H groups in total. The third-order valence-corrected chi connectivity index (χ3v) is 2.10. The van der Waals surface area contributed by atoms with E-state index in [1.165, 1.54) is 6.08 Å². The Hall–Kier alpha value is -2.36. The lowest BCUT2D eigenvalue weighted by atomic mass is 10.2. The molecule has 1 amide bonds. The number of amides is 1. The number of benzene rings is 1. The Morgan fingerprint density at radius 3 is 2.22 bits per heavy atom. The Kier molecular flexibility index (Phi) is 4.87. The largest absolute Gasteiger partial charge is 0.477 e. The lowest BCUT2D eigenvalue weighted by Crippen LogP contribution is -2.27. The molecular weight excluding hydrogens is 230 g/mol. The summed E-state index contributed by atoms with van der Waals surface area (Å²) in [6.45, 7) is 3.68. The van der Waals surface area contributed by atoms with Crippen LogP contribution < -0.4 is 5.32 Å². The predicted octanol–water partition coefficient (Wildman–Crippen LogP) is 2.35. The number of carboxylic acid groups (broad SMARTS) is 1.